The lowest BCUT2D eigenvalue weighted by Crippen LogP contribution is -2.45. The largest absolute Gasteiger partial charge is 0.297 e. The summed E-state index contributed by atoms with van der Waals surface area (Å²) in [6, 6.07) is 18.6. The highest BCUT2D eigenvalue weighted by molar-refractivity contribution is 7.13. The fraction of sp³-hybridized carbons (Fsp3) is 0.286. The van der Waals surface area contributed by atoms with E-state index in [9.17, 15) is 0 Å². The zero-order valence-corrected chi connectivity index (χ0v) is 16.2. The number of aromatic nitrogens is 1. The molecule has 1 saturated heterocycles. The lowest BCUT2D eigenvalue weighted by atomic mass is 10.2. The maximum absolute atomic E-state index is 5.97. The van der Waals surface area contributed by atoms with E-state index in [0.29, 0.717) is 0 Å². The monoisotopic (exact) mass is 383 g/mol. The minimum Gasteiger partial charge on any atom is -0.297 e. The minimum atomic E-state index is 0.803. The molecule has 134 valence electrons. The highest BCUT2D eigenvalue weighted by Gasteiger charge is 2.18. The molecular weight excluding hydrogens is 362 g/mol. The van der Waals surface area contributed by atoms with Crippen molar-refractivity contribution in [2.45, 2.75) is 13.1 Å². The van der Waals surface area contributed by atoms with Crippen molar-refractivity contribution >= 4 is 22.9 Å². The second kappa shape index (κ2) is 8.31. The van der Waals surface area contributed by atoms with Gasteiger partial charge in [-0.15, -0.1) is 11.3 Å². The number of hydrogen-bond acceptors (Lipinski definition) is 4. The van der Waals surface area contributed by atoms with Gasteiger partial charge in [-0.2, -0.15) is 0 Å². The molecule has 4 rings (SSSR count). The molecule has 0 radical (unpaired) electrons. The second-order valence-electron chi connectivity index (χ2n) is 6.69. The van der Waals surface area contributed by atoms with Crippen LogP contribution in [0.4, 0.5) is 0 Å². The Labute approximate surface area is 163 Å². The van der Waals surface area contributed by atoms with Crippen molar-refractivity contribution in [3.8, 4) is 10.6 Å². The lowest BCUT2D eigenvalue weighted by Gasteiger charge is -2.34. The van der Waals surface area contributed by atoms with Gasteiger partial charge in [-0.25, -0.2) is 4.98 Å². The standard InChI is InChI=1S/C21H22ClN3S/c22-19-8-6-17(7-9-19)14-24-10-12-25(13-11-24)15-20-16-26-21(23-20)18-4-2-1-3-5-18/h1-9,16H,10-15H2. The van der Waals surface area contributed by atoms with E-state index in [1.54, 1.807) is 11.3 Å². The molecule has 0 atom stereocenters. The third-order valence-electron chi connectivity index (χ3n) is 4.74. The van der Waals surface area contributed by atoms with Gasteiger partial charge >= 0.3 is 0 Å². The van der Waals surface area contributed by atoms with Crippen LogP contribution in [0, 0.1) is 0 Å². The smallest absolute Gasteiger partial charge is 0.123 e. The maximum atomic E-state index is 5.97. The Bertz CT molecular complexity index is 824. The van der Waals surface area contributed by atoms with Crippen molar-refractivity contribution in [1.29, 1.82) is 0 Å². The molecule has 0 aliphatic carbocycles. The molecule has 3 nitrogen and oxygen atoms in total. The molecule has 0 bridgehead atoms. The van der Waals surface area contributed by atoms with E-state index in [1.165, 1.54) is 16.8 Å². The van der Waals surface area contributed by atoms with Crippen LogP contribution in [-0.2, 0) is 13.1 Å². The summed E-state index contributed by atoms with van der Waals surface area (Å²) >= 11 is 7.70. The highest BCUT2D eigenvalue weighted by Crippen LogP contribution is 2.24. The van der Waals surface area contributed by atoms with Gasteiger partial charge < -0.3 is 0 Å². The molecule has 0 amide bonds. The van der Waals surface area contributed by atoms with Gasteiger partial charge in [0.25, 0.3) is 0 Å². The number of nitrogens with zero attached hydrogens (tertiary/aromatic N) is 3. The maximum Gasteiger partial charge on any atom is 0.123 e. The van der Waals surface area contributed by atoms with E-state index in [4.69, 9.17) is 16.6 Å². The molecule has 1 aromatic heterocycles. The van der Waals surface area contributed by atoms with Crippen LogP contribution in [0.25, 0.3) is 10.6 Å². The van der Waals surface area contributed by atoms with Crippen LogP contribution < -0.4 is 0 Å². The first-order valence-corrected chi connectivity index (χ1v) is 10.2. The first-order valence-electron chi connectivity index (χ1n) is 8.95. The van der Waals surface area contributed by atoms with Crippen molar-refractivity contribution in [3.05, 3.63) is 76.3 Å². The average molecular weight is 384 g/mol. The molecular formula is C21H22ClN3S. The molecule has 0 spiro atoms. The summed E-state index contributed by atoms with van der Waals surface area (Å²) in [5.41, 5.74) is 3.71. The van der Waals surface area contributed by atoms with Crippen LogP contribution in [0.2, 0.25) is 5.02 Å². The van der Waals surface area contributed by atoms with Gasteiger partial charge in [0, 0.05) is 55.2 Å². The first-order chi connectivity index (χ1) is 12.8. The van der Waals surface area contributed by atoms with Gasteiger partial charge in [0.05, 0.1) is 5.69 Å². The fourth-order valence-electron chi connectivity index (χ4n) is 3.28. The minimum absolute atomic E-state index is 0.803. The number of halogens is 1. The molecule has 1 aliphatic rings. The number of rotatable bonds is 5. The van der Waals surface area contributed by atoms with Gasteiger partial charge in [-0.3, -0.25) is 9.80 Å². The van der Waals surface area contributed by atoms with Crippen LogP contribution in [0.3, 0.4) is 0 Å². The predicted octanol–water partition coefficient (Wildman–Crippen LogP) is 4.78. The van der Waals surface area contributed by atoms with E-state index in [2.05, 4.69) is 51.6 Å². The SMILES string of the molecule is Clc1ccc(CN2CCN(Cc3csc(-c4ccccc4)n3)CC2)cc1. The van der Waals surface area contributed by atoms with Crippen molar-refractivity contribution in [2.24, 2.45) is 0 Å². The molecule has 2 heterocycles. The highest BCUT2D eigenvalue weighted by atomic mass is 35.5. The van der Waals surface area contributed by atoms with Crippen LogP contribution in [0.1, 0.15) is 11.3 Å². The van der Waals surface area contributed by atoms with E-state index in [1.807, 2.05) is 18.2 Å². The number of piperazine rings is 1. The Kier molecular flexibility index (Phi) is 5.65. The van der Waals surface area contributed by atoms with Crippen LogP contribution in [0.5, 0.6) is 0 Å². The summed E-state index contributed by atoms with van der Waals surface area (Å²) in [6.45, 7) is 6.31. The summed E-state index contributed by atoms with van der Waals surface area (Å²) in [5, 5.41) is 4.11. The number of thiazole rings is 1. The van der Waals surface area contributed by atoms with Crippen molar-refractivity contribution in [1.82, 2.24) is 14.8 Å². The van der Waals surface area contributed by atoms with Crippen LogP contribution in [0.15, 0.2) is 60.0 Å². The zero-order valence-electron chi connectivity index (χ0n) is 14.6. The molecule has 0 unspecified atom stereocenters. The molecule has 0 saturated carbocycles. The fourth-order valence-corrected chi connectivity index (χ4v) is 4.22. The zero-order chi connectivity index (χ0) is 17.8. The third kappa shape index (κ3) is 4.51. The summed E-state index contributed by atoms with van der Waals surface area (Å²) in [4.78, 5) is 9.83. The Morgan fingerprint density at radius 2 is 1.50 bits per heavy atom. The number of hydrogen-bond donors (Lipinski definition) is 0. The van der Waals surface area contributed by atoms with Crippen molar-refractivity contribution in [2.75, 3.05) is 26.2 Å². The topological polar surface area (TPSA) is 19.4 Å². The molecule has 26 heavy (non-hydrogen) atoms. The van der Waals surface area contributed by atoms with E-state index in [0.717, 1.165) is 49.3 Å². The quantitative estimate of drug-likeness (QED) is 0.632. The van der Waals surface area contributed by atoms with Gasteiger partial charge in [0.2, 0.25) is 0 Å². The van der Waals surface area contributed by atoms with Gasteiger partial charge in [0.1, 0.15) is 5.01 Å². The molecule has 5 heteroatoms. The summed E-state index contributed by atoms with van der Waals surface area (Å²) in [5.74, 6) is 0. The molecule has 0 N–H and O–H groups in total. The number of benzene rings is 2. The predicted molar refractivity (Wildman–Crippen MR) is 110 cm³/mol. The molecule has 2 aromatic carbocycles. The van der Waals surface area contributed by atoms with Crippen molar-refractivity contribution in [3.63, 3.8) is 0 Å². The lowest BCUT2D eigenvalue weighted by molar-refractivity contribution is 0.121. The van der Waals surface area contributed by atoms with Crippen molar-refractivity contribution < 1.29 is 0 Å². The van der Waals surface area contributed by atoms with E-state index < -0.39 is 0 Å². The van der Waals surface area contributed by atoms with Gasteiger partial charge in [-0.1, -0.05) is 54.1 Å². The Morgan fingerprint density at radius 1 is 0.846 bits per heavy atom. The molecule has 1 fully saturated rings. The van der Waals surface area contributed by atoms with Crippen LogP contribution in [-0.4, -0.2) is 41.0 Å². The normalized spacial score (nSPS) is 16.0. The van der Waals surface area contributed by atoms with E-state index in [-0.39, 0.29) is 0 Å². The van der Waals surface area contributed by atoms with Gasteiger partial charge in [-0.05, 0) is 17.7 Å². The Balaban J connectivity index is 1.29. The average Bonchev–Trinajstić information content (AvgIpc) is 3.14. The van der Waals surface area contributed by atoms with Crippen LogP contribution >= 0.6 is 22.9 Å². The summed E-state index contributed by atoms with van der Waals surface area (Å²) in [7, 11) is 0. The third-order valence-corrected chi connectivity index (χ3v) is 5.93. The Hall–Kier alpha value is -1.72. The van der Waals surface area contributed by atoms with E-state index >= 15 is 0 Å². The van der Waals surface area contributed by atoms with Gasteiger partial charge in [0.15, 0.2) is 0 Å². The first kappa shape index (κ1) is 17.7. The summed E-state index contributed by atoms with van der Waals surface area (Å²) < 4.78 is 0. The molecule has 1 aliphatic heterocycles. The second-order valence-corrected chi connectivity index (χ2v) is 7.98. The molecule has 3 aromatic rings. The Morgan fingerprint density at radius 3 is 2.19 bits per heavy atom. The summed E-state index contributed by atoms with van der Waals surface area (Å²) in [6.07, 6.45) is 0.